The second-order valence-corrected chi connectivity index (χ2v) is 6.49. The van der Waals surface area contributed by atoms with Crippen LogP contribution in [0.25, 0.3) is 11.4 Å². The molecule has 4 heteroatoms. The maximum absolute atomic E-state index is 5.01. The van der Waals surface area contributed by atoms with Gasteiger partial charge in [0, 0.05) is 30.8 Å². The van der Waals surface area contributed by atoms with E-state index in [-0.39, 0.29) is 0 Å². The number of anilines is 1. The Labute approximate surface area is 138 Å². The van der Waals surface area contributed by atoms with Gasteiger partial charge in [-0.1, -0.05) is 43.2 Å². The third kappa shape index (κ3) is 3.08. The van der Waals surface area contributed by atoms with E-state index in [0.29, 0.717) is 0 Å². The zero-order chi connectivity index (χ0) is 15.5. The zero-order valence-electron chi connectivity index (χ0n) is 13.6. The quantitative estimate of drug-likeness (QED) is 0.925. The highest BCUT2D eigenvalue weighted by Crippen LogP contribution is 2.29. The van der Waals surface area contributed by atoms with Crippen LogP contribution in [-0.4, -0.2) is 29.6 Å². The van der Waals surface area contributed by atoms with Crippen LogP contribution in [0.15, 0.2) is 30.3 Å². The van der Waals surface area contributed by atoms with E-state index in [1.807, 2.05) is 6.07 Å². The molecular formula is C19H24N4. The van der Waals surface area contributed by atoms with Crippen molar-refractivity contribution in [3.63, 3.8) is 0 Å². The monoisotopic (exact) mass is 308 g/mol. The van der Waals surface area contributed by atoms with Gasteiger partial charge in [-0.25, -0.2) is 9.97 Å². The summed E-state index contributed by atoms with van der Waals surface area (Å²) in [5, 5.41) is 3.45. The van der Waals surface area contributed by atoms with Crippen molar-refractivity contribution in [1.29, 1.82) is 0 Å². The van der Waals surface area contributed by atoms with E-state index < -0.39 is 0 Å². The van der Waals surface area contributed by atoms with Gasteiger partial charge < -0.3 is 10.2 Å². The summed E-state index contributed by atoms with van der Waals surface area (Å²) < 4.78 is 0. The van der Waals surface area contributed by atoms with Crippen LogP contribution < -0.4 is 10.2 Å². The summed E-state index contributed by atoms with van der Waals surface area (Å²) in [5.41, 5.74) is 3.66. The molecule has 1 fully saturated rings. The van der Waals surface area contributed by atoms with Gasteiger partial charge in [-0.3, -0.25) is 0 Å². The highest BCUT2D eigenvalue weighted by atomic mass is 15.2. The van der Waals surface area contributed by atoms with Crippen molar-refractivity contribution >= 4 is 5.82 Å². The third-order valence-corrected chi connectivity index (χ3v) is 4.85. The van der Waals surface area contributed by atoms with Gasteiger partial charge in [-0.15, -0.1) is 0 Å². The predicted octanol–water partition coefficient (Wildman–Crippen LogP) is 3.17. The van der Waals surface area contributed by atoms with Crippen molar-refractivity contribution in [2.24, 2.45) is 0 Å². The number of nitrogens with zero attached hydrogens (tertiary/aromatic N) is 3. The van der Waals surface area contributed by atoms with Crippen molar-refractivity contribution < 1.29 is 0 Å². The number of benzene rings is 1. The van der Waals surface area contributed by atoms with E-state index in [1.165, 1.54) is 42.8 Å². The van der Waals surface area contributed by atoms with Crippen LogP contribution in [0.3, 0.4) is 0 Å². The number of rotatable bonds is 2. The molecule has 0 spiro atoms. The minimum Gasteiger partial charge on any atom is -0.356 e. The van der Waals surface area contributed by atoms with E-state index in [1.54, 1.807) is 0 Å². The predicted molar refractivity (Wildman–Crippen MR) is 93.6 cm³/mol. The van der Waals surface area contributed by atoms with E-state index in [2.05, 4.69) is 34.5 Å². The fourth-order valence-corrected chi connectivity index (χ4v) is 3.60. The normalized spacial score (nSPS) is 18.3. The summed E-state index contributed by atoms with van der Waals surface area (Å²) in [7, 11) is 0. The molecule has 120 valence electrons. The lowest BCUT2D eigenvalue weighted by molar-refractivity contribution is 0.619. The third-order valence-electron chi connectivity index (χ3n) is 4.85. The van der Waals surface area contributed by atoms with Crippen LogP contribution in [-0.2, 0) is 13.0 Å². The Balaban J connectivity index is 1.79. The topological polar surface area (TPSA) is 41.1 Å². The maximum Gasteiger partial charge on any atom is 0.161 e. The van der Waals surface area contributed by atoms with Gasteiger partial charge in [0.05, 0.1) is 5.69 Å². The van der Waals surface area contributed by atoms with E-state index in [0.717, 1.165) is 44.0 Å². The lowest BCUT2D eigenvalue weighted by Gasteiger charge is -2.28. The van der Waals surface area contributed by atoms with Crippen molar-refractivity contribution in [2.75, 3.05) is 24.5 Å². The largest absolute Gasteiger partial charge is 0.356 e. The van der Waals surface area contributed by atoms with E-state index >= 15 is 0 Å². The van der Waals surface area contributed by atoms with Crippen LogP contribution in [0.5, 0.6) is 0 Å². The first-order valence-electron chi connectivity index (χ1n) is 8.83. The molecule has 0 radical (unpaired) electrons. The summed E-state index contributed by atoms with van der Waals surface area (Å²) in [5.74, 6) is 2.06. The van der Waals surface area contributed by atoms with Gasteiger partial charge >= 0.3 is 0 Å². The molecule has 0 amide bonds. The molecule has 4 rings (SSSR count). The molecule has 1 N–H and O–H groups in total. The molecule has 0 atom stereocenters. The standard InChI is InChI=1S/C19H24N4/c1-2-7-13-23(12-6-1)19-16-10-11-20-14-17(16)21-18(22-19)15-8-4-3-5-9-15/h3-5,8-9,20H,1-2,6-7,10-14H2. The van der Waals surface area contributed by atoms with Crippen LogP contribution in [0.4, 0.5) is 5.82 Å². The lowest BCUT2D eigenvalue weighted by atomic mass is 10.1. The minimum absolute atomic E-state index is 0.860. The van der Waals surface area contributed by atoms with E-state index in [9.17, 15) is 0 Å². The Hall–Kier alpha value is -1.94. The molecule has 2 aromatic rings. The number of hydrogen-bond acceptors (Lipinski definition) is 4. The summed E-state index contributed by atoms with van der Waals surface area (Å²) in [6, 6.07) is 10.4. The van der Waals surface area contributed by atoms with Gasteiger partial charge in [0.2, 0.25) is 0 Å². The molecule has 3 heterocycles. The summed E-state index contributed by atoms with van der Waals surface area (Å²) in [4.78, 5) is 12.4. The van der Waals surface area contributed by atoms with Gasteiger partial charge in [0.25, 0.3) is 0 Å². The molecule has 4 nitrogen and oxygen atoms in total. The molecule has 0 unspecified atom stereocenters. The van der Waals surface area contributed by atoms with Gasteiger partial charge in [0.1, 0.15) is 5.82 Å². The van der Waals surface area contributed by atoms with Crippen LogP contribution in [0.1, 0.15) is 36.9 Å². The highest BCUT2D eigenvalue weighted by molar-refractivity contribution is 5.61. The molecule has 1 saturated heterocycles. The first-order valence-corrected chi connectivity index (χ1v) is 8.83. The van der Waals surface area contributed by atoms with E-state index in [4.69, 9.17) is 9.97 Å². The van der Waals surface area contributed by atoms with Crippen molar-refractivity contribution in [3.05, 3.63) is 41.6 Å². The first-order chi connectivity index (χ1) is 11.4. The Morgan fingerprint density at radius 2 is 1.70 bits per heavy atom. The fourth-order valence-electron chi connectivity index (χ4n) is 3.60. The van der Waals surface area contributed by atoms with Crippen LogP contribution >= 0.6 is 0 Å². The molecule has 1 aromatic carbocycles. The number of aromatic nitrogens is 2. The molecule has 0 aliphatic carbocycles. The summed E-state index contributed by atoms with van der Waals surface area (Å²) in [6.07, 6.45) is 6.28. The second-order valence-electron chi connectivity index (χ2n) is 6.49. The van der Waals surface area contributed by atoms with Crippen LogP contribution in [0, 0.1) is 0 Å². The average Bonchev–Trinajstić information content (AvgIpc) is 2.91. The molecule has 0 bridgehead atoms. The van der Waals surface area contributed by atoms with Gasteiger partial charge in [-0.2, -0.15) is 0 Å². The van der Waals surface area contributed by atoms with Crippen molar-refractivity contribution in [3.8, 4) is 11.4 Å². The SMILES string of the molecule is c1ccc(-c2nc3c(c(N4CCCCCC4)n2)CCNC3)cc1. The highest BCUT2D eigenvalue weighted by Gasteiger charge is 2.22. The smallest absolute Gasteiger partial charge is 0.161 e. The Morgan fingerprint density at radius 3 is 2.48 bits per heavy atom. The fraction of sp³-hybridized carbons (Fsp3) is 0.474. The molecular weight excluding hydrogens is 284 g/mol. The molecule has 1 aromatic heterocycles. The molecule has 2 aliphatic rings. The van der Waals surface area contributed by atoms with Gasteiger partial charge in [-0.05, 0) is 25.8 Å². The molecule has 0 saturated carbocycles. The van der Waals surface area contributed by atoms with Crippen molar-refractivity contribution in [1.82, 2.24) is 15.3 Å². The lowest BCUT2D eigenvalue weighted by Crippen LogP contribution is -2.31. The minimum atomic E-state index is 0.860. The maximum atomic E-state index is 5.01. The summed E-state index contributed by atoms with van der Waals surface area (Å²) >= 11 is 0. The van der Waals surface area contributed by atoms with Gasteiger partial charge in [0.15, 0.2) is 5.82 Å². The Kier molecular flexibility index (Phi) is 4.24. The molecule has 23 heavy (non-hydrogen) atoms. The number of fused-ring (bicyclic) bond motifs is 1. The Morgan fingerprint density at radius 1 is 0.913 bits per heavy atom. The second kappa shape index (κ2) is 6.67. The number of hydrogen-bond donors (Lipinski definition) is 1. The average molecular weight is 308 g/mol. The Bertz CT molecular complexity index is 661. The number of nitrogens with one attached hydrogen (secondary N) is 1. The van der Waals surface area contributed by atoms with Crippen molar-refractivity contribution in [2.45, 2.75) is 38.6 Å². The van der Waals surface area contributed by atoms with Crippen LogP contribution in [0.2, 0.25) is 0 Å². The summed E-state index contributed by atoms with van der Waals surface area (Å²) in [6.45, 7) is 4.15. The first kappa shape index (κ1) is 14.6. The molecule has 2 aliphatic heterocycles. The zero-order valence-corrected chi connectivity index (χ0v) is 13.6.